The Hall–Kier alpha value is -2.19. The number of nitro benzene ring substituents is 1. The van der Waals surface area contributed by atoms with Gasteiger partial charge in [-0.25, -0.2) is 4.79 Å². The number of carbonyl (C=O) groups is 1. The van der Waals surface area contributed by atoms with Crippen LogP contribution in [0.5, 0.6) is 0 Å². The summed E-state index contributed by atoms with van der Waals surface area (Å²) in [5, 5.41) is 22.7. The number of nitrogens with zero attached hydrogens (tertiary/aromatic N) is 1. The first-order valence-corrected chi connectivity index (χ1v) is 6.03. The minimum atomic E-state index is -1.22. The molecule has 1 saturated heterocycles. The van der Waals surface area contributed by atoms with Gasteiger partial charge in [0.1, 0.15) is 0 Å². The Morgan fingerprint density at radius 2 is 2.30 bits per heavy atom. The van der Waals surface area contributed by atoms with Crippen LogP contribution >= 0.6 is 0 Å². The van der Waals surface area contributed by atoms with E-state index in [2.05, 4.69) is 5.32 Å². The molecule has 2 rings (SSSR count). The number of carboxylic acids is 1. The highest BCUT2D eigenvalue weighted by atomic mass is 16.6. The lowest BCUT2D eigenvalue weighted by atomic mass is 10.1. The first kappa shape index (κ1) is 14.2. The van der Waals surface area contributed by atoms with Crippen LogP contribution in [0.3, 0.4) is 0 Å². The van der Waals surface area contributed by atoms with E-state index in [-0.39, 0.29) is 17.4 Å². The second kappa shape index (κ2) is 6.31. The summed E-state index contributed by atoms with van der Waals surface area (Å²) in [7, 11) is 0. The van der Waals surface area contributed by atoms with Crippen molar-refractivity contribution in [3.8, 4) is 0 Å². The fraction of sp³-hybridized carbons (Fsp3) is 0.417. The molecular weight excluding hydrogens is 268 g/mol. The predicted octanol–water partition coefficient (Wildman–Crippen LogP) is 1.12. The van der Waals surface area contributed by atoms with Crippen LogP contribution in [-0.2, 0) is 9.47 Å². The number of carboxylic acid groups (broad SMARTS) is 1. The summed E-state index contributed by atoms with van der Waals surface area (Å²) in [6.07, 6.45) is -0.166. The van der Waals surface area contributed by atoms with Crippen molar-refractivity contribution in [3.63, 3.8) is 0 Å². The maximum Gasteiger partial charge on any atom is 0.338 e. The quantitative estimate of drug-likeness (QED) is 0.614. The molecule has 1 unspecified atom stereocenters. The minimum absolute atomic E-state index is 0.143. The number of non-ortho nitro benzene ring substituents is 1. The predicted molar refractivity (Wildman–Crippen MR) is 69.1 cm³/mol. The van der Waals surface area contributed by atoms with Gasteiger partial charge in [-0.2, -0.15) is 0 Å². The van der Waals surface area contributed by atoms with E-state index in [9.17, 15) is 14.9 Å². The highest BCUT2D eigenvalue weighted by molar-refractivity contribution is 5.95. The van der Waals surface area contributed by atoms with E-state index in [1.54, 1.807) is 0 Å². The molecule has 108 valence electrons. The average molecular weight is 282 g/mol. The summed E-state index contributed by atoms with van der Waals surface area (Å²) in [5.74, 6) is -1.22. The summed E-state index contributed by atoms with van der Waals surface area (Å²) in [6.45, 7) is 1.85. The number of hydrogen-bond donors (Lipinski definition) is 2. The fourth-order valence-corrected chi connectivity index (χ4v) is 1.86. The topological polar surface area (TPSA) is 111 Å². The van der Waals surface area contributed by atoms with Crippen molar-refractivity contribution in [1.82, 2.24) is 0 Å². The summed E-state index contributed by atoms with van der Waals surface area (Å²) in [6, 6.07) is 3.67. The van der Waals surface area contributed by atoms with Crippen molar-refractivity contribution < 1.29 is 24.3 Å². The molecule has 1 fully saturated rings. The lowest BCUT2D eigenvalue weighted by Gasteiger charge is -2.23. The lowest BCUT2D eigenvalue weighted by Crippen LogP contribution is -2.34. The van der Waals surface area contributed by atoms with Crippen LogP contribution in [0, 0.1) is 10.1 Å². The van der Waals surface area contributed by atoms with Crippen molar-refractivity contribution >= 4 is 17.3 Å². The summed E-state index contributed by atoms with van der Waals surface area (Å²) in [5.41, 5.74) is -0.0848. The molecule has 2 N–H and O–H groups in total. The van der Waals surface area contributed by atoms with E-state index in [0.29, 0.717) is 32.1 Å². The van der Waals surface area contributed by atoms with Gasteiger partial charge in [0.05, 0.1) is 36.4 Å². The number of anilines is 1. The molecule has 0 spiro atoms. The molecule has 0 radical (unpaired) electrons. The van der Waals surface area contributed by atoms with Gasteiger partial charge >= 0.3 is 5.97 Å². The monoisotopic (exact) mass is 282 g/mol. The van der Waals surface area contributed by atoms with Crippen LogP contribution in [0.1, 0.15) is 10.4 Å². The van der Waals surface area contributed by atoms with Crippen LogP contribution in [0.2, 0.25) is 0 Å². The Balaban J connectivity index is 2.09. The van der Waals surface area contributed by atoms with Crippen LogP contribution in [0.15, 0.2) is 18.2 Å². The van der Waals surface area contributed by atoms with Crippen LogP contribution in [-0.4, -0.2) is 48.5 Å². The number of rotatable bonds is 5. The Morgan fingerprint density at radius 1 is 1.50 bits per heavy atom. The van der Waals surface area contributed by atoms with Crippen LogP contribution < -0.4 is 5.32 Å². The van der Waals surface area contributed by atoms with Crippen molar-refractivity contribution in [3.05, 3.63) is 33.9 Å². The van der Waals surface area contributed by atoms with Gasteiger partial charge in [0.15, 0.2) is 0 Å². The number of hydrogen-bond acceptors (Lipinski definition) is 6. The number of benzene rings is 1. The fourth-order valence-electron chi connectivity index (χ4n) is 1.86. The molecule has 1 aromatic carbocycles. The van der Waals surface area contributed by atoms with E-state index in [4.69, 9.17) is 14.6 Å². The van der Waals surface area contributed by atoms with Crippen LogP contribution in [0.4, 0.5) is 11.4 Å². The number of aromatic carboxylic acids is 1. The molecule has 1 aliphatic rings. The number of nitrogens with one attached hydrogen (secondary N) is 1. The highest BCUT2D eigenvalue weighted by Gasteiger charge is 2.18. The van der Waals surface area contributed by atoms with Gasteiger partial charge in [-0.15, -0.1) is 0 Å². The second-order valence-corrected chi connectivity index (χ2v) is 4.24. The highest BCUT2D eigenvalue weighted by Crippen LogP contribution is 2.22. The van der Waals surface area contributed by atoms with Gasteiger partial charge in [0.2, 0.25) is 0 Å². The van der Waals surface area contributed by atoms with Crippen molar-refractivity contribution in [1.29, 1.82) is 0 Å². The van der Waals surface area contributed by atoms with Crippen LogP contribution in [0.25, 0.3) is 0 Å². The smallest absolute Gasteiger partial charge is 0.338 e. The van der Waals surface area contributed by atoms with Gasteiger partial charge in [0, 0.05) is 24.4 Å². The Morgan fingerprint density at radius 3 is 2.90 bits per heavy atom. The molecule has 8 nitrogen and oxygen atoms in total. The molecule has 1 aliphatic heterocycles. The number of nitro groups is 1. The first-order valence-electron chi connectivity index (χ1n) is 6.03. The van der Waals surface area contributed by atoms with Gasteiger partial charge < -0.3 is 19.9 Å². The third kappa shape index (κ3) is 3.43. The van der Waals surface area contributed by atoms with E-state index < -0.39 is 10.9 Å². The maximum atomic E-state index is 11.1. The Bertz CT molecular complexity index is 513. The third-order valence-corrected chi connectivity index (χ3v) is 2.85. The number of ether oxygens (including phenoxy) is 2. The molecule has 1 heterocycles. The van der Waals surface area contributed by atoms with Crippen molar-refractivity contribution in [2.75, 3.05) is 31.7 Å². The Labute approximate surface area is 114 Å². The molecular formula is C12H14N2O6. The van der Waals surface area contributed by atoms with Gasteiger partial charge in [-0.3, -0.25) is 10.1 Å². The SMILES string of the molecule is O=C(O)c1cc([N+](=O)[O-])ccc1NCC1COCCO1. The normalized spacial score (nSPS) is 18.5. The van der Waals surface area contributed by atoms with Gasteiger partial charge in [-0.05, 0) is 6.07 Å². The van der Waals surface area contributed by atoms with Crippen molar-refractivity contribution in [2.45, 2.75) is 6.10 Å². The Kier molecular flexibility index (Phi) is 4.49. The first-order chi connectivity index (χ1) is 9.58. The minimum Gasteiger partial charge on any atom is -0.478 e. The molecule has 0 aliphatic carbocycles. The van der Waals surface area contributed by atoms with E-state index in [1.807, 2.05) is 0 Å². The zero-order chi connectivity index (χ0) is 14.5. The molecule has 20 heavy (non-hydrogen) atoms. The zero-order valence-corrected chi connectivity index (χ0v) is 10.6. The summed E-state index contributed by atoms with van der Waals surface area (Å²) >= 11 is 0. The van der Waals surface area contributed by atoms with E-state index >= 15 is 0 Å². The van der Waals surface area contributed by atoms with Crippen molar-refractivity contribution in [2.24, 2.45) is 0 Å². The van der Waals surface area contributed by atoms with E-state index in [1.165, 1.54) is 12.1 Å². The van der Waals surface area contributed by atoms with Gasteiger partial charge in [0.25, 0.3) is 5.69 Å². The summed E-state index contributed by atoms with van der Waals surface area (Å²) in [4.78, 5) is 21.1. The maximum absolute atomic E-state index is 11.1. The molecule has 0 amide bonds. The van der Waals surface area contributed by atoms with Gasteiger partial charge in [-0.1, -0.05) is 0 Å². The molecule has 0 saturated carbocycles. The second-order valence-electron chi connectivity index (χ2n) is 4.24. The lowest BCUT2D eigenvalue weighted by molar-refractivity contribution is -0.384. The zero-order valence-electron chi connectivity index (χ0n) is 10.6. The molecule has 0 bridgehead atoms. The standard InChI is InChI=1S/C12H14N2O6/c15-12(16)10-5-8(14(17)18)1-2-11(10)13-6-9-7-19-3-4-20-9/h1-2,5,9,13H,3-4,6-7H2,(H,15,16). The molecule has 1 atom stereocenters. The summed E-state index contributed by atoms with van der Waals surface area (Å²) < 4.78 is 10.6. The molecule has 0 aromatic heterocycles. The molecule has 8 heteroatoms. The average Bonchev–Trinajstić information content (AvgIpc) is 2.45. The largest absolute Gasteiger partial charge is 0.478 e. The van der Waals surface area contributed by atoms with E-state index in [0.717, 1.165) is 6.07 Å². The third-order valence-electron chi connectivity index (χ3n) is 2.85. The molecule has 1 aromatic rings.